The highest BCUT2D eigenvalue weighted by atomic mass is 35.5. The second kappa shape index (κ2) is 5.22. The first-order chi connectivity index (χ1) is 6.28. The van der Waals surface area contributed by atoms with Gasteiger partial charge in [-0.05, 0) is 13.8 Å². The Kier molecular flexibility index (Phi) is 4.94. The van der Waals surface area contributed by atoms with Crippen molar-refractivity contribution in [1.29, 1.82) is 0 Å². The highest BCUT2D eigenvalue weighted by Gasteiger charge is 2.20. The average molecular weight is 234 g/mol. The maximum absolute atomic E-state index is 11.4. The summed E-state index contributed by atoms with van der Waals surface area (Å²) < 4.78 is 0.258. The van der Waals surface area contributed by atoms with E-state index in [9.17, 15) is 9.59 Å². The monoisotopic (exact) mass is 233 g/mol. The summed E-state index contributed by atoms with van der Waals surface area (Å²) in [5.74, 6) is -0.422. The Morgan fingerprint density at radius 1 is 1.50 bits per heavy atom. The molecule has 0 bridgehead atoms. The summed E-state index contributed by atoms with van der Waals surface area (Å²) in [6, 6.07) is 0. The van der Waals surface area contributed by atoms with Gasteiger partial charge in [-0.2, -0.15) is 0 Å². The third-order valence-electron chi connectivity index (χ3n) is 1.22. The zero-order chi connectivity index (χ0) is 11.4. The van der Waals surface area contributed by atoms with Crippen LogP contribution in [0.2, 0.25) is 0 Å². The molecular formula is C9H12ClNO2S. The maximum Gasteiger partial charge on any atom is 0.258 e. The number of carbonyl (C=O) groups excluding carboxylic acids is 2. The van der Waals surface area contributed by atoms with Crippen molar-refractivity contribution in [2.45, 2.75) is 19.4 Å². The van der Waals surface area contributed by atoms with Gasteiger partial charge >= 0.3 is 0 Å². The number of carbonyl (C=O) groups is 2. The van der Waals surface area contributed by atoms with E-state index >= 15 is 0 Å². The van der Waals surface area contributed by atoms with Crippen LogP contribution in [0.4, 0.5) is 0 Å². The molecule has 0 aliphatic rings. The quantitative estimate of drug-likeness (QED) is 0.584. The van der Waals surface area contributed by atoms with Crippen molar-refractivity contribution in [2.24, 2.45) is 0 Å². The van der Waals surface area contributed by atoms with Gasteiger partial charge in [0.2, 0.25) is 0 Å². The predicted octanol–water partition coefficient (Wildman–Crippen LogP) is 2.04. The van der Waals surface area contributed by atoms with Crippen molar-refractivity contribution in [3.8, 4) is 0 Å². The van der Waals surface area contributed by atoms with Gasteiger partial charge in [0.25, 0.3) is 5.91 Å². The van der Waals surface area contributed by atoms with E-state index < -0.39 is 11.4 Å². The molecule has 3 nitrogen and oxygen atoms in total. The summed E-state index contributed by atoms with van der Waals surface area (Å²) in [5, 5.41) is 2.48. The number of aldehydes is 1. The summed E-state index contributed by atoms with van der Waals surface area (Å²) in [4.78, 5) is 22.1. The van der Waals surface area contributed by atoms with Crippen LogP contribution in [0.15, 0.2) is 22.4 Å². The number of hydrogen-bond donors (Lipinski definition) is 1. The molecule has 0 radical (unpaired) electrons. The number of amides is 1. The summed E-state index contributed by atoms with van der Waals surface area (Å²) in [7, 11) is 0. The Bertz CT molecular complexity index is 287. The molecule has 0 saturated carbocycles. The van der Waals surface area contributed by atoms with Crippen LogP contribution in [0, 0.1) is 0 Å². The second-order valence-corrected chi connectivity index (χ2v) is 5.04. The molecule has 0 aliphatic heterocycles. The fourth-order valence-corrected chi connectivity index (χ4v) is 1.26. The van der Waals surface area contributed by atoms with Gasteiger partial charge in [0, 0.05) is 0 Å². The first kappa shape index (κ1) is 13.3. The van der Waals surface area contributed by atoms with E-state index in [1.807, 2.05) is 0 Å². The van der Waals surface area contributed by atoms with Crippen molar-refractivity contribution >= 4 is 35.6 Å². The molecule has 0 saturated heterocycles. The normalized spacial score (nSPS) is 10.5. The largest absolute Gasteiger partial charge is 0.340 e. The summed E-state index contributed by atoms with van der Waals surface area (Å²) >= 11 is 6.44. The average Bonchev–Trinajstić information content (AvgIpc) is 2.02. The summed E-state index contributed by atoms with van der Waals surface area (Å²) in [6.07, 6.45) is 0.651. The molecular weight excluding hydrogens is 222 g/mol. The molecule has 0 unspecified atom stereocenters. The standard InChI is InChI=1S/C9H12ClNO2S/c1-6(14-7(2)10)8(13)11-9(3,4)5-12/h5H,1-2H2,3-4H3,(H,11,13). The van der Waals surface area contributed by atoms with E-state index in [0.29, 0.717) is 6.29 Å². The molecule has 14 heavy (non-hydrogen) atoms. The SMILES string of the molecule is C=C(Cl)SC(=C)C(=O)NC(C)(C)C=O. The van der Waals surface area contributed by atoms with Crippen molar-refractivity contribution in [1.82, 2.24) is 5.32 Å². The van der Waals surface area contributed by atoms with Crippen LogP contribution in [-0.4, -0.2) is 17.7 Å². The first-order valence-corrected chi connectivity index (χ1v) is 4.98. The lowest BCUT2D eigenvalue weighted by molar-refractivity contribution is -0.122. The lowest BCUT2D eigenvalue weighted by atomic mass is 10.1. The molecule has 0 spiro atoms. The van der Waals surface area contributed by atoms with Crippen LogP contribution in [-0.2, 0) is 9.59 Å². The van der Waals surface area contributed by atoms with Gasteiger partial charge in [0.1, 0.15) is 6.29 Å². The molecule has 5 heteroatoms. The van der Waals surface area contributed by atoms with Crippen LogP contribution in [0.1, 0.15) is 13.8 Å². The molecule has 0 aliphatic carbocycles. The highest BCUT2D eigenvalue weighted by Crippen LogP contribution is 2.25. The van der Waals surface area contributed by atoms with E-state index in [-0.39, 0.29) is 9.27 Å². The Morgan fingerprint density at radius 3 is 2.36 bits per heavy atom. The lowest BCUT2D eigenvalue weighted by Crippen LogP contribution is -2.44. The molecule has 78 valence electrons. The van der Waals surface area contributed by atoms with Crippen LogP contribution in [0.3, 0.4) is 0 Å². The van der Waals surface area contributed by atoms with Gasteiger partial charge < -0.3 is 10.1 Å². The molecule has 0 fully saturated rings. The van der Waals surface area contributed by atoms with Crippen molar-refractivity contribution < 1.29 is 9.59 Å². The third-order valence-corrected chi connectivity index (χ3v) is 2.10. The zero-order valence-corrected chi connectivity index (χ0v) is 9.67. The highest BCUT2D eigenvalue weighted by molar-refractivity contribution is 8.08. The summed E-state index contributed by atoms with van der Waals surface area (Å²) in [6.45, 7) is 10.1. The van der Waals surface area contributed by atoms with E-state index in [4.69, 9.17) is 11.6 Å². The van der Waals surface area contributed by atoms with E-state index in [0.717, 1.165) is 11.8 Å². The second-order valence-electron chi connectivity index (χ2n) is 3.17. The molecule has 0 atom stereocenters. The third kappa shape index (κ3) is 5.09. The molecule has 0 aromatic rings. The Labute approximate surface area is 92.6 Å². The Balaban J connectivity index is 4.29. The van der Waals surface area contributed by atoms with E-state index in [2.05, 4.69) is 18.5 Å². The van der Waals surface area contributed by atoms with Gasteiger partial charge in [-0.1, -0.05) is 36.5 Å². The van der Waals surface area contributed by atoms with E-state index in [1.165, 1.54) is 0 Å². The van der Waals surface area contributed by atoms with Crippen molar-refractivity contribution in [3.05, 3.63) is 22.4 Å². The van der Waals surface area contributed by atoms with Gasteiger partial charge in [-0.3, -0.25) is 4.79 Å². The minimum absolute atomic E-state index is 0.208. The fraction of sp³-hybridized carbons (Fsp3) is 0.333. The number of halogens is 1. The van der Waals surface area contributed by atoms with Crippen LogP contribution in [0.25, 0.3) is 0 Å². The van der Waals surface area contributed by atoms with Gasteiger partial charge in [0.15, 0.2) is 0 Å². The van der Waals surface area contributed by atoms with Crippen LogP contribution >= 0.6 is 23.4 Å². The first-order valence-electron chi connectivity index (χ1n) is 3.78. The van der Waals surface area contributed by atoms with E-state index in [1.54, 1.807) is 13.8 Å². The molecule has 1 amide bonds. The topological polar surface area (TPSA) is 46.2 Å². The van der Waals surface area contributed by atoms with Gasteiger partial charge in [0.05, 0.1) is 14.8 Å². The van der Waals surface area contributed by atoms with Gasteiger partial charge in [-0.15, -0.1) is 0 Å². The number of hydrogen-bond acceptors (Lipinski definition) is 3. The molecule has 0 aromatic carbocycles. The molecule has 1 N–H and O–H groups in total. The van der Waals surface area contributed by atoms with Gasteiger partial charge in [-0.25, -0.2) is 0 Å². The minimum atomic E-state index is -0.895. The van der Waals surface area contributed by atoms with Crippen molar-refractivity contribution in [2.75, 3.05) is 0 Å². The fourth-order valence-electron chi connectivity index (χ4n) is 0.572. The number of rotatable bonds is 5. The Morgan fingerprint density at radius 2 is 2.00 bits per heavy atom. The number of nitrogens with one attached hydrogen (secondary N) is 1. The Hall–Kier alpha value is -0.740. The van der Waals surface area contributed by atoms with Crippen LogP contribution in [0.5, 0.6) is 0 Å². The zero-order valence-electron chi connectivity index (χ0n) is 8.09. The smallest absolute Gasteiger partial charge is 0.258 e. The van der Waals surface area contributed by atoms with Crippen LogP contribution < -0.4 is 5.32 Å². The predicted molar refractivity (Wildman–Crippen MR) is 60.0 cm³/mol. The molecule has 0 aromatic heterocycles. The summed E-state index contributed by atoms with van der Waals surface area (Å²) in [5.41, 5.74) is -0.895. The minimum Gasteiger partial charge on any atom is -0.340 e. The van der Waals surface area contributed by atoms with Crippen molar-refractivity contribution in [3.63, 3.8) is 0 Å². The molecule has 0 rings (SSSR count). The maximum atomic E-state index is 11.4. The molecule has 0 heterocycles. The number of thioether (sulfide) groups is 1. The lowest BCUT2D eigenvalue weighted by Gasteiger charge is -2.19.